The van der Waals surface area contributed by atoms with Gasteiger partial charge in [0.15, 0.2) is 11.5 Å². The molecule has 2 N–H and O–H groups in total. The van der Waals surface area contributed by atoms with E-state index >= 15 is 0 Å². The van der Waals surface area contributed by atoms with Gasteiger partial charge in [-0.3, -0.25) is 9.78 Å². The van der Waals surface area contributed by atoms with Crippen molar-refractivity contribution in [2.75, 3.05) is 26.1 Å². The normalized spacial score (nSPS) is 14.0. The number of hydrogen-bond acceptors (Lipinski definition) is 5. The minimum Gasteiger partial charge on any atom is -0.493 e. The fourth-order valence-corrected chi connectivity index (χ4v) is 3.40. The molecule has 1 fully saturated rings. The van der Waals surface area contributed by atoms with Gasteiger partial charge in [-0.05, 0) is 49.1 Å². The maximum atomic E-state index is 12.4. The second-order valence-electron chi connectivity index (χ2n) is 6.75. The van der Waals surface area contributed by atoms with Crippen LogP contribution in [0.4, 0.5) is 5.69 Å². The van der Waals surface area contributed by atoms with Gasteiger partial charge in [0.2, 0.25) is 0 Å². The summed E-state index contributed by atoms with van der Waals surface area (Å²) in [7, 11) is 3.22. The van der Waals surface area contributed by atoms with Crippen LogP contribution >= 0.6 is 0 Å². The molecule has 0 radical (unpaired) electrons. The summed E-state index contributed by atoms with van der Waals surface area (Å²) in [6, 6.07) is 10.0. The highest BCUT2D eigenvalue weighted by atomic mass is 16.5. The summed E-state index contributed by atoms with van der Waals surface area (Å²) in [5, 5.41) is 6.43. The molecule has 1 aromatic heterocycles. The second kappa shape index (κ2) is 9.26. The predicted molar refractivity (Wildman–Crippen MR) is 106 cm³/mol. The number of nitrogens with zero attached hydrogens (tertiary/aromatic N) is 1. The number of benzene rings is 1. The van der Waals surface area contributed by atoms with Crippen LogP contribution in [0.3, 0.4) is 0 Å². The molecule has 1 saturated carbocycles. The summed E-state index contributed by atoms with van der Waals surface area (Å²) >= 11 is 0. The molecular formula is C21H27N3O3. The van der Waals surface area contributed by atoms with Gasteiger partial charge in [0.25, 0.3) is 5.91 Å². The van der Waals surface area contributed by atoms with Crippen molar-refractivity contribution in [1.82, 2.24) is 10.3 Å². The van der Waals surface area contributed by atoms with Crippen molar-refractivity contribution in [3.63, 3.8) is 0 Å². The molecular weight excluding hydrogens is 342 g/mol. The van der Waals surface area contributed by atoms with E-state index in [-0.39, 0.29) is 5.91 Å². The molecule has 6 heteroatoms. The van der Waals surface area contributed by atoms with Crippen molar-refractivity contribution in [3.05, 3.63) is 47.8 Å². The van der Waals surface area contributed by atoms with Gasteiger partial charge in [-0.15, -0.1) is 0 Å². The Hall–Kier alpha value is -2.76. The maximum Gasteiger partial charge on any atom is 0.269 e. The van der Waals surface area contributed by atoms with E-state index in [1.165, 1.54) is 25.7 Å². The van der Waals surface area contributed by atoms with Gasteiger partial charge in [-0.2, -0.15) is 0 Å². The number of carbonyl (C=O) groups excluding carboxylic acids is 1. The van der Waals surface area contributed by atoms with Gasteiger partial charge < -0.3 is 20.1 Å². The monoisotopic (exact) mass is 369 g/mol. The van der Waals surface area contributed by atoms with Crippen molar-refractivity contribution in [1.29, 1.82) is 0 Å². The zero-order valence-corrected chi connectivity index (χ0v) is 16.0. The van der Waals surface area contributed by atoms with Crippen LogP contribution < -0.4 is 20.1 Å². The molecule has 1 aliphatic carbocycles. The van der Waals surface area contributed by atoms with Crippen LogP contribution in [0, 0.1) is 0 Å². The van der Waals surface area contributed by atoms with Gasteiger partial charge >= 0.3 is 0 Å². The van der Waals surface area contributed by atoms with Crippen molar-refractivity contribution in [2.45, 2.75) is 38.1 Å². The molecule has 0 aliphatic heterocycles. The van der Waals surface area contributed by atoms with Crippen LogP contribution in [-0.4, -0.2) is 37.7 Å². The third-order valence-corrected chi connectivity index (χ3v) is 4.87. The fraction of sp³-hybridized carbons (Fsp3) is 0.429. The Bertz CT molecular complexity index is 773. The summed E-state index contributed by atoms with van der Waals surface area (Å²) in [5.41, 5.74) is 2.46. The molecule has 1 aromatic carbocycles. The lowest BCUT2D eigenvalue weighted by Gasteiger charge is -2.14. The smallest absolute Gasteiger partial charge is 0.269 e. The van der Waals surface area contributed by atoms with Gasteiger partial charge in [0, 0.05) is 24.5 Å². The molecule has 1 amide bonds. The Morgan fingerprint density at radius 3 is 2.63 bits per heavy atom. The molecule has 27 heavy (non-hydrogen) atoms. The van der Waals surface area contributed by atoms with Gasteiger partial charge in [-0.1, -0.05) is 18.9 Å². The molecule has 2 aromatic rings. The summed E-state index contributed by atoms with van der Waals surface area (Å²) in [6.07, 6.45) is 7.30. The molecule has 0 saturated heterocycles. The molecule has 1 aliphatic rings. The number of anilines is 1. The molecule has 0 spiro atoms. The number of nitrogens with one attached hydrogen (secondary N) is 2. The van der Waals surface area contributed by atoms with E-state index in [1.54, 1.807) is 20.4 Å². The highest BCUT2D eigenvalue weighted by Crippen LogP contribution is 2.27. The first kappa shape index (κ1) is 19.0. The number of hydrogen-bond donors (Lipinski definition) is 2. The third-order valence-electron chi connectivity index (χ3n) is 4.87. The number of carbonyl (C=O) groups is 1. The SMILES string of the molecule is COc1ccc(CCNC(=O)c2cc(NC3CCCC3)ccn2)cc1OC. The Labute approximate surface area is 160 Å². The van der Waals surface area contributed by atoms with Crippen LogP contribution in [0.5, 0.6) is 11.5 Å². The summed E-state index contributed by atoms with van der Waals surface area (Å²) in [4.78, 5) is 16.6. The summed E-state index contributed by atoms with van der Waals surface area (Å²) < 4.78 is 10.6. The van der Waals surface area contributed by atoms with E-state index in [0.717, 1.165) is 11.3 Å². The van der Waals surface area contributed by atoms with E-state index in [0.29, 0.717) is 36.2 Å². The average molecular weight is 369 g/mol. The van der Waals surface area contributed by atoms with Crippen molar-refractivity contribution in [3.8, 4) is 11.5 Å². The van der Waals surface area contributed by atoms with E-state index in [4.69, 9.17) is 9.47 Å². The molecule has 3 rings (SSSR count). The Morgan fingerprint density at radius 2 is 1.89 bits per heavy atom. The van der Waals surface area contributed by atoms with Crippen molar-refractivity contribution >= 4 is 11.6 Å². The van der Waals surface area contributed by atoms with E-state index in [9.17, 15) is 4.79 Å². The first-order valence-electron chi connectivity index (χ1n) is 9.41. The zero-order valence-electron chi connectivity index (χ0n) is 16.0. The standard InChI is InChI=1S/C21H27N3O3/c1-26-19-8-7-15(13-20(19)27-2)9-11-23-21(25)18-14-17(10-12-22-18)24-16-5-3-4-6-16/h7-8,10,12-14,16H,3-6,9,11H2,1-2H3,(H,22,24)(H,23,25). The number of ether oxygens (including phenoxy) is 2. The molecule has 0 atom stereocenters. The number of aromatic nitrogens is 1. The lowest BCUT2D eigenvalue weighted by molar-refractivity contribution is 0.0949. The van der Waals surface area contributed by atoms with Crippen LogP contribution in [0.15, 0.2) is 36.5 Å². The van der Waals surface area contributed by atoms with Gasteiger partial charge in [0.1, 0.15) is 5.69 Å². The average Bonchev–Trinajstić information content (AvgIpc) is 3.21. The number of amides is 1. The molecule has 0 unspecified atom stereocenters. The lowest BCUT2D eigenvalue weighted by atomic mass is 10.1. The van der Waals surface area contributed by atoms with E-state index in [1.807, 2.05) is 30.3 Å². The van der Waals surface area contributed by atoms with E-state index < -0.39 is 0 Å². The lowest BCUT2D eigenvalue weighted by Crippen LogP contribution is -2.26. The zero-order chi connectivity index (χ0) is 19.1. The fourth-order valence-electron chi connectivity index (χ4n) is 3.40. The highest BCUT2D eigenvalue weighted by molar-refractivity contribution is 5.93. The molecule has 0 bridgehead atoms. The van der Waals surface area contributed by atoms with E-state index in [2.05, 4.69) is 15.6 Å². The van der Waals surface area contributed by atoms with Gasteiger partial charge in [0.05, 0.1) is 14.2 Å². The van der Waals surface area contributed by atoms with Crippen molar-refractivity contribution < 1.29 is 14.3 Å². The van der Waals surface area contributed by atoms with Crippen LogP contribution in [0.1, 0.15) is 41.7 Å². The third kappa shape index (κ3) is 5.12. The largest absolute Gasteiger partial charge is 0.493 e. The Balaban J connectivity index is 1.53. The number of pyridine rings is 1. The minimum atomic E-state index is -0.162. The molecule has 144 valence electrons. The highest BCUT2D eigenvalue weighted by Gasteiger charge is 2.15. The molecule has 1 heterocycles. The van der Waals surface area contributed by atoms with Crippen molar-refractivity contribution in [2.24, 2.45) is 0 Å². The first-order chi connectivity index (χ1) is 13.2. The quantitative estimate of drug-likeness (QED) is 0.746. The Kier molecular flexibility index (Phi) is 6.52. The maximum absolute atomic E-state index is 12.4. The predicted octanol–water partition coefficient (Wildman–Crippen LogP) is 3.43. The summed E-state index contributed by atoms with van der Waals surface area (Å²) in [5.74, 6) is 1.22. The topological polar surface area (TPSA) is 72.5 Å². The minimum absolute atomic E-state index is 0.162. The summed E-state index contributed by atoms with van der Waals surface area (Å²) in [6.45, 7) is 0.524. The van der Waals surface area contributed by atoms with Crippen LogP contribution in [-0.2, 0) is 6.42 Å². The Morgan fingerprint density at radius 1 is 1.11 bits per heavy atom. The first-order valence-corrected chi connectivity index (χ1v) is 9.41. The van der Waals surface area contributed by atoms with Crippen LogP contribution in [0.25, 0.3) is 0 Å². The number of rotatable bonds is 8. The number of methoxy groups -OCH3 is 2. The van der Waals surface area contributed by atoms with Gasteiger partial charge in [-0.25, -0.2) is 0 Å². The van der Waals surface area contributed by atoms with Crippen LogP contribution in [0.2, 0.25) is 0 Å². The molecule has 6 nitrogen and oxygen atoms in total. The second-order valence-corrected chi connectivity index (χ2v) is 6.75.